The molecule has 1 atom stereocenters. The first-order chi connectivity index (χ1) is 9.47. The Morgan fingerprint density at radius 2 is 2.00 bits per heavy atom. The zero-order valence-corrected chi connectivity index (χ0v) is 14.3. The van der Waals surface area contributed by atoms with Gasteiger partial charge >= 0.3 is 0 Å². The predicted octanol–water partition coefficient (Wildman–Crippen LogP) is 3.52. The highest BCUT2D eigenvalue weighted by atomic mass is 79.9. The van der Waals surface area contributed by atoms with Gasteiger partial charge in [-0.05, 0) is 46.3 Å². The number of rotatable bonds is 4. The number of carbonyl (C=O) groups excluding carboxylic acids is 1. The van der Waals surface area contributed by atoms with Crippen LogP contribution in [0.25, 0.3) is 0 Å². The molecule has 1 unspecified atom stereocenters. The molecule has 1 aromatic heterocycles. The topological polar surface area (TPSA) is 37.4 Å². The third kappa shape index (κ3) is 3.77. The van der Waals surface area contributed by atoms with Crippen molar-refractivity contribution >= 4 is 44.0 Å². The third-order valence-electron chi connectivity index (χ3n) is 2.79. The van der Waals surface area contributed by atoms with E-state index in [9.17, 15) is 9.00 Å². The van der Waals surface area contributed by atoms with Gasteiger partial charge in [-0.2, -0.15) is 0 Å². The van der Waals surface area contributed by atoms with Crippen LogP contribution in [0.5, 0.6) is 0 Å². The maximum Gasteiger partial charge on any atom is 0.253 e. The van der Waals surface area contributed by atoms with E-state index in [1.54, 1.807) is 53.8 Å². The van der Waals surface area contributed by atoms with E-state index in [0.29, 0.717) is 12.1 Å². The van der Waals surface area contributed by atoms with E-state index in [0.717, 1.165) is 14.2 Å². The first-order valence-corrected chi connectivity index (χ1v) is 9.12. The van der Waals surface area contributed by atoms with Gasteiger partial charge in [0.05, 0.1) is 6.54 Å². The van der Waals surface area contributed by atoms with Gasteiger partial charge in [0, 0.05) is 49.3 Å². The standard InChI is InChI=1S/C14H14BrNO2S2/c1-16(8-12-7-11(15)9-19-12)14(17)10-3-5-13(6-4-10)20(2)18/h3-7,9H,8H2,1-2H3. The summed E-state index contributed by atoms with van der Waals surface area (Å²) < 4.78 is 12.4. The van der Waals surface area contributed by atoms with E-state index in [1.165, 1.54) is 0 Å². The van der Waals surface area contributed by atoms with Gasteiger partial charge in [0.2, 0.25) is 0 Å². The van der Waals surface area contributed by atoms with Gasteiger partial charge in [-0.3, -0.25) is 9.00 Å². The van der Waals surface area contributed by atoms with Crippen molar-refractivity contribution in [3.8, 4) is 0 Å². The van der Waals surface area contributed by atoms with Crippen LogP contribution in [0.4, 0.5) is 0 Å². The van der Waals surface area contributed by atoms with E-state index in [1.807, 2.05) is 11.4 Å². The van der Waals surface area contributed by atoms with Gasteiger partial charge in [-0.25, -0.2) is 0 Å². The fraction of sp³-hybridized carbons (Fsp3) is 0.214. The molecule has 0 aliphatic heterocycles. The van der Waals surface area contributed by atoms with E-state index >= 15 is 0 Å². The summed E-state index contributed by atoms with van der Waals surface area (Å²) in [5, 5.41) is 2.00. The molecule has 1 aromatic carbocycles. The van der Waals surface area contributed by atoms with E-state index < -0.39 is 10.8 Å². The second-order valence-electron chi connectivity index (χ2n) is 4.37. The molecule has 20 heavy (non-hydrogen) atoms. The van der Waals surface area contributed by atoms with Gasteiger partial charge in [0.25, 0.3) is 5.91 Å². The number of thiophene rings is 1. The molecular formula is C14H14BrNO2S2. The summed E-state index contributed by atoms with van der Waals surface area (Å²) in [6.07, 6.45) is 1.62. The van der Waals surface area contributed by atoms with Crippen LogP contribution in [-0.4, -0.2) is 28.3 Å². The molecule has 0 fully saturated rings. The van der Waals surface area contributed by atoms with Gasteiger partial charge in [0.1, 0.15) is 0 Å². The average Bonchev–Trinajstić information content (AvgIpc) is 2.83. The lowest BCUT2D eigenvalue weighted by molar-refractivity contribution is 0.0786. The Balaban J connectivity index is 2.08. The molecule has 106 valence electrons. The van der Waals surface area contributed by atoms with Gasteiger partial charge in [0.15, 0.2) is 0 Å². The van der Waals surface area contributed by atoms with Crippen molar-refractivity contribution in [3.05, 3.63) is 50.6 Å². The smallest absolute Gasteiger partial charge is 0.253 e. The van der Waals surface area contributed by atoms with Gasteiger partial charge in [-0.15, -0.1) is 11.3 Å². The largest absolute Gasteiger partial charge is 0.337 e. The van der Waals surface area contributed by atoms with E-state index in [4.69, 9.17) is 0 Å². The van der Waals surface area contributed by atoms with Crippen molar-refractivity contribution in [1.29, 1.82) is 0 Å². The Kier molecular flexibility index (Phi) is 5.12. The van der Waals surface area contributed by atoms with Gasteiger partial charge < -0.3 is 4.90 Å². The average molecular weight is 372 g/mol. The predicted molar refractivity (Wildman–Crippen MR) is 86.6 cm³/mol. The zero-order valence-electron chi connectivity index (χ0n) is 11.1. The summed E-state index contributed by atoms with van der Waals surface area (Å²) in [6.45, 7) is 0.580. The van der Waals surface area contributed by atoms with Crippen molar-refractivity contribution in [2.24, 2.45) is 0 Å². The van der Waals surface area contributed by atoms with Gasteiger partial charge in [-0.1, -0.05) is 0 Å². The quantitative estimate of drug-likeness (QED) is 0.824. The van der Waals surface area contributed by atoms with Crippen LogP contribution in [-0.2, 0) is 17.3 Å². The van der Waals surface area contributed by atoms with Crippen LogP contribution in [0.3, 0.4) is 0 Å². The molecule has 0 bridgehead atoms. The fourth-order valence-corrected chi connectivity index (χ4v) is 3.77. The summed E-state index contributed by atoms with van der Waals surface area (Å²) in [5.74, 6) is -0.0389. The monoisotopic (exact) mass is 371 g/mol. The minimum absolute atomic E-state index is 0.0389. The lowest BCUT2D eigenvalue weighted by Crippen LogP contribution is -2.25. The van der Waals surface area contributed by atoms with Crippen LogP contribution >= 0.6 is 27.3 Å². The van der Waals surface area contributed by atoms with Crippen LogP contribution in [0, 0.1) is 0 Å². The highest BCUT2D eigenvalue weighted by Gasteiger charge is 2.13. The highest BCUT2D eigenvalue weighted by molar-refractivity contribution is 9.10. The highest BCUT2D eigenvalue weighted by Crippen LogP contribution is 2.21. The molecule has 3 nitrogen and oxygen atoms in total. The lowest BCUT2D eigenvalue weighted by Gasteiger charge is -2.16. The zero-order chi connectivity index (χ0) is 14.7. The minimum Gasteiger partial charge on any atom is -0.337 e. The number of nitrogens with zero attached hydrogens (tertiary/aromatic N) is 1. The first kappa shape index (κ1) is 15.4. The Hall–Kier alpha value is -0.980. The molecule has 2 aromatic rings. The second kappa shape index (κ2) is 6.65. The molecule has 2 rings (SSSR count). The molecule has 0 radical (unpaired) electrons. The third-order valence-corrected chi connectivity index (χ3v) is 5.41. The lowest BCUT2D eigenvalue weighted by atomic mass is 10.2. The molecule has 0 aliphatic rings. The van der Waals surface area contributed by atoms with E-state index in [2.05, 4.69) is 15.9 Å². The molecule has 0 N–H and O–H groups in total. The Morgan fingerprint density at radius 1 is 1.35 bits per heavy atom. The second-order valence-corrected chi connectivity index (χ2v) is 7.66. The normalized spacial score (nSPS) is 12.2. The number of hydrogen-bond acceptors (Lipinski definition) is 3. The van der Waals surface area contributed by atoms with Crippen molar-refractivity contribution in [3.63, 3.8) is 0 Å². The fourth-order valence-electron chi connectivity index (χ4n) is 1.75. The first-order valence-electron chi connectivity index (χ1n) is 5.89. The van der Waals surface area contributed by atoms with Crippen molar-refractivity contribution in [2.75, 3.05) is 13.3 Å². The summed E-state index contributed by atoms with van der Waals surface area (Å²) in [5.41, 5.74) is 0.609. The molecule has 1 heterocycles. The number of carbonyl (C=O) groups is 1. The maximum absolute atomic E-state index is 12.3. The molecular weight excluding hydrogens is 358 g/mol. The minimum atomic E-state index is -1.02. The van der Waals surface area contributed by atoms with Crippen LogP contribution in [0.15, 0.2) is 45.1 Å². The molecule has 0 spiro atoms. The Bertz CT molecular complexity index is 637. The SMILES string of the molecule is CN(Cc1cc(Br)cs1)C(=O)c1ccc(S(C)=O)cc1. The molecule has 0 saturated heterocycles. The molecule has 0 saturated carbocycles. The van der Waals surface area contributed by atoms with Crippen LogP contribution in [0.1, 0.15) is 15.2 Å². The maximum atomic E-state index is 12.3. The summed E-state index contributed by atoms with van der Waals surface area (Å²) >= 11 is 5.02. The molecule has 0 aliphatic carbocycles. The van der Waals surface area contributed by atoms with Crippen molar-refractivity contribution < 1.29 is 9.00 Å². The van der Waals surface area contributed by atoms with Crippen molar-refractivity contribution in [1.82, 2.24) is 4.90 Å². The molecule has 6 heteroatoms. The van der Waals surface area contributed by atoms with Crippen LogP contribution in [0.2, 0.25) is 0 Å². The Labute approximate surface area is 133 Å². The number of amides is 1. The number of hydrogen-bond donors (Lipinski definition) is 0. The van der Waals surface area contributed by atoms with Crippen molar-refractivity contribution in [2.45, 2.75) is 11.4 Å². The Morgan fingerprint density at radius 3 is 2.50 bits per heavy atom. The van der Waals surface area contributed by atoms with Crippen LogP contribution < -0.4 is 0 Å². The van der Waals surface area contributed by atoms with E-state index in [-0.39, 0.29) is 5.91 Å². The number of halogens is 1. The number of benzene rings is 1. The summed E-state index contributed by atoms with van der Waals surface area (Å²) in [4.78, 5) is 15.8. The molecule has 1 amide bonds. The summed E-state index contributed by atoms with van der Waals surface area (Å²) in [6, 6.07) is 8.93. The summed E-state index contributed by atoms with van der Waals surface area (Å²) in [7, 11) is 0.761.